The van der Waals surface area contributed by atoms with Crippen molar-refractivity contribution in [2.75, 3.05) is 0 Å². The van der Waals surface area contributed by atoms with Crippen molar-refractivity contribution in [1.82, 2.24) is 0 Å². The van der Waals surface area contributed by atoms with Crippen LogP contribution in [-0.2, 0) is 0 Å². The van der Waals surface area contributed by atoms with Gasteiger partial charge in [-0.2, -0.15) is 0 Å². The van der Waals surface area contributed by atoms with E-state index in [4.69, 9.17) is 0 Å². The molecule has 12 heavy (non-hydrogen) atoms. The SMILES string of the molecule is CCCCC(CC)CC=C(C)C. The number of unbranched alkanes of at least 4 members (excludes halogenated alkanes) is 1. The average molecular weight is 168 g/mol. The predicted molar refractivity (Wildman–Crippen MR) is 57.4 cm³/mol. The highest BCUT2D eigenvalue weighted by atomic mass is 14.1. The molecule has 1 unspecified atom stereocenters. The van der Waals surface area contributed by atoms with E-state index in [-0.39, 0.29) is 0 Å². The fourth-order valence-electron chi connectivity index (χ4n) is 1.38. The zero-order valence-electron chi connectivity index (χ0n) is 9.19. The summed E-state index contributed by atoms with van der Waals surface area (Å²) in [6, 6.07) is 0. The van der Waals surface area contributed by atoms with Crippen LogP contribution in [0.5, 0.6) is 0 Å². The molecule has 0 fully saturated rings. The van der Waals surface area contributed by atoms with Gasteiger partial charge in [-0.1, -0.05) is 51.2 Å². The summed E-state index contributed by atoms with van der Waals surface area (Å²) in [5, 5.41) is 0. The van der Waals surface area contributed by atoms with Crippen LogP contribution in [0.1, 0.15) is 59.8 Å². The molecule has 0 nitrogen and oxygen atoms in total. The minimum absolute atomic E-state index is 0.930. The van der Waals surface area contributed by atoms with Crippen LogP contribution in [0.3, 0.4) is 0 Å². The quantitative estimate of drug-likeness (QED) is 0.510. The maximum Gasteiger partial charge on any atom is -0.0320 e. The summed E-state index contributed by atoms with van der Waals surface area (Å²) < 4.78 is 0. The van der Waals surface area contributed by atoms with E-state index in [0.717, 1.165) is 5.92 Å². The van der Waals surface area contributed by atoms with Crippen molar-refractivity contribution in [2.24, 2.45) is 5.92 Å². The maximum atomic E-state index is 2.38. The zero-order valence-corrected chi connectivity index (χ0v) is 9.19. The van der Waals surface area contributed by atoms with Crippen molar-refractivity contribution in [2.45, 2.75) is 59.8 Å². The first-order valence-electron chi connectivity index (χ1n) is 5.34. The van der Waals surface area contributed by atoms with E-state index in [1.165, 1.54) is 37.7 Å². The van der Waals surface area contributed by atoms with Crippen LogP contribution in [0.25, 0.3) is 0 Å². The fourth-order valence-corrected chi connectivity index (χ4v) is 1.38. The molecule has 0 aliphatic carbocycles. The Labute approximate surface area is 78.1 Å². The molecule has 0 N–H and O–H groups in total. The van der Waals surface area contributed by atoms with Crippen LogP contribution in [0.4, 0.5) is 0 Å². The van der Waals surface area contributed by atoms with Crippen LogP contribution in [0, 0.1) is 5.92 Å². The van der Waals surface area contributed by atoms with Crippen LogP contribution in [-0.4, -0.2) is 0 Å². The van der Waals surface area contributed by atoms with Gasteiger partial charge in [0.25, 0.3) is 0 Å². The molecule has 0 spiro atoms. The largest absolute Gasteiger partial charge is 0.0856 e. The first-order valence-corrected chi connectivity index (χ1v) is 5.34. The van der Waals surface area contributed by atoms with E-state index in [0.29, 0.717) is 0 Å². The lowest BCUT2D eigenvalue weighted by Crippen LogP contribution is -1.96. The Bertz CT molecular complexity index is 118. The van der Waals surface area contributed by atoms with Crippen molar-refractivity contribution < 1.29 is 0 Å². The molecule has 0 aliphatic rings. The average Bonchev–Trinajstić information content (AvgIpc) is 2.05. The van der Waals surface area contributed by atoms with Gasteiger partial charge in [0.1, 0.15) is 0 Å². The van der Waals surface area contributed by atoms with Crippen molar-refractivity contribution in [3.05, 3.63) is 11.6 Å². The van der Waals surface area contributed by atoms with Crippen molar-refractivity contribution in [3.63, 3.8) is 0 Å². The molecular formula is C12H24. The van der Waals surface area contributed by atoms with Gasteiger partial charge in [-0.15, -0.1) is 0 Å². The van der Waals surface area contributed by atoms with E-state index >= 15 is 0 Å². The minimum atomic E-state index is 0.930. The third kappa shape index (κ3) is 6.45. The van der Waals surface area contributed by atoms with E-state index in [9.17, 15) is 0 Å². The third-order valence-electron chi connectivity index (χ3n) is 2.40. The second kappa shape index (κ2) is 7.39. The summed E-state index contributed by atoms with van der Waals surface area (Å²) in [4.78, 5) is 0. The molecule has 0 saturated heterocycles. The molecule has 0 aromatic rings. The Balaban J connectivity index is 3.60. The van der Waals surface area contributed by atoms with E-state index < -0.39 is 0 Å². The van der Waals surface area contributed by atoms with Crippen LogP contribution in [0.2, 0.25) is 0 Å². The lowest BCUT2D eigenvalue weighted by molar-refractivity contribution is 0.455. The summed E-state index contributed by atoms with van der Waals surface area (Å²) in [6.07, 6.45) is 9.16. The predicted octanol–water partition coefficient (Wildman–Crippen LogP) is 4.56. The highest BCUT2D eigenvalue weighted by Crippen LogP contribution is 2.17. The van der Waals surface area contributed by atoms with E-state index in [1.54, 1.807) is 0 Å². The molecule has 0 saturated carbocycles. The molecule has 1 atom stereocenters. The van der Waals surface area contributed by atoms with Gasteiger partial charge in [-0.3, -0.25) is 0 Å². The Morgan fingerprint density at radius 2 is 1.92 bits per heavy atom. The smallest absolute Gasteiger partial charge is 0.0320 e. The lowest BCUT2D eigenvalue weighted by Gasteiger charge is -2.11. The van der Waals surface area contributed by atoms with Gasteiger partial charge in [0, 0.05) is 0 Å². The molecular weight excluding hydrogens is 144 g/mol. The maximum absolute atomic E-state index is 2.38. The van der Waals surface area contributed by atoms with Gasteiger partial charge in [0.05, 0.1) is 0 Å². The number of hydrogen-bond donors (Lipinski definition) is 0. The van der Waals surface area contributed by atoms with E-state index in [1.807, 2.05) is 0 Å². The summed E-state index contributed by atoms with van der Waals surface area (Å²) in [5.41, 5.74) is 1.46. The normalized spacial score (nSPS) is 12.7. The van der Waals surface area contributed by atoms with Crippen LogP contribution >= 0.6 is 0 Å². The monoisotopic (exact) mass is 168 g/mol. The van der Waals surface area contributed by atoms with Gasteiger partial charge in [-0.05, 0) is 26.2 Å². The van der Waals surface area contributed by atoms with Gasteiger partial charge >= 0.3 is 0 Å². The summed E-state index contributed by atoms with van der Waals surface area (Å²) >= 11 is 0. The first kappa shape index (κ1) is 11.7. The zero-order chi connectivity index (χ0) is 9.40. The van der Waals surface area contributed by atoms with Gasteiger partial charge in [0.15, 0.2) is 0 Å². The standard InChI is InChI=1S/C12H24/c1-5-7-8-12(6-2)10-9-11(3)4/h9,12H,5-8,10H2,1-4H3. The highest BCUT2D eigenvalue weighted by Gasteiger charge is 2.02. The van der Waals surface area contributed by atoms with Crippen molar-refractivity contribution in [3.8, 4) is 0 Å². The lowest BCUT2D eigenvalue weighted by atomic mass is 9.95. The number of hydrogen-bond acceptors (Lipinski definition) is 0. The van der Waals surface area contributed by atoms with Gasteiger partial charge in [-0.25, -0.2) is 0 Å². The minimum Gasteiger partial charge on any atom is -0.0856 e. The van der Waals surface area contributed by atoms with Crippen molar-refractivity contribution in [1.29, 1.82) is 0 Å². The van der Waals surface area contributed by atoms with Gasteiger partial charge in [0.2, 0.25) is 0 Å². The molecule has 0 heteroatoms. The van der Waals surface area contributed by atoms with Gasteiger partial charge < -0.3 is 0 Å². The molecule has 0 rings (SSSR count). The highest BCUT2D eigenvalue weighted by molar-refractivity contribution is 4.93. The van der Waals surface area contributed by atoms with Crippen LogP contribution < -0.4 is 0 Å². The Morgan fingerprint density at radius 1 is 1.25 bits per heavy atom. The fraction of sp³-hybridized carbons (Fsp3) is 0.833. The van der Waals surface area contributed by atoms with E-state index in [2.05, 4.69) is 33.8 Å². The third-order valence-corrected chi connectivity index (χ3v) is 2.40. The Kier molecular flexibility index (Phi) is 7.23. The molecule has 0 aliphatic heterocycles. The first-order chi connectivity index (χ1) is 5.70. The molecule has 0 aromatic heterocycles. The second-order valence-electron chi connectivity index (χ2n) is 3.93. The Hall–Kier alpha value is -0.260. The number of rotatable bonds is 6. The summed E-state index contributed by atoms with van der Waals surface area (Å²) in [5.74, 6) is 0.930. The number of allylic oxidation sites excluding steroid dienone is 2. The molecule has 72 valence electrons. The summed E-state index contributed by atoms with van der Waals surface area (Å²) in [7, 11) is 0. The molecule has 0 amide bonds. The summed E-state index contributed by atoms with van der Waals surface area (Å²) in [6.45, 7) is 8.95. The van der Waals surface area contributed by atoms with Crippen molar-refractivity contribution >= 4 is 0 Å². The van der Waals surface area contributed by atoms with Crippen LogP contribution in [0.15, 0.2) is 11.6 Å². The second-order valence-corrected chi connectivity index (χ2v) is 3.93. The molecule has 0 aromatic carbocycles. The molecule has 0 heterocycles. The molecule has 0 bridgehead atoms. The molecule has 0 radical (unpaired) electrons. The Morgan fingerprint density at radius 3 is 2.33 bits per heavy atom. The topological polar surface area (TPSA) is 0 Å².